The van der Waals surface area contributed by atoms with Crippen molar-refractivity contribution >= 4 is 16.0 Å². The summed E-state index contributed by atoms with van der Waals surface area (Å²) in [5, 5.41) is 4.99. The highest BCUT2D eigenvalue weighted by Gasteiger charge is 2.10. The zero-order valence-electron chi connectivity index (χ0n) is 11.9. The normalized spacial score (nSPS) is 11.2. The van der Waals surface area contributed by atoms with Crippen LogP contribution in [0, 0.1) is 0 Å². The maximum Gasteiger partial charge on any atom is 0.355 e. The van der Waals surface area contributed by atoms with E-state index in [1.165, 1.54) is 24.3 Å². The SMILES string of the molecule is Cn1cccc1C(=O)OCCOc1ccc(S(N)(=O)=O)cc1. The Kier molecular flexibility index (Phi) is 4.84. The summed E-state index contributed by atoms with van der Waals surface area (Å²) in [7, 11) is -1.96. The van der Waals surface area contributed by atoms with Crippen LogP contribution >= 0.6 is 0 Å². The summed E-state index contributed by atoms with van der Waals surface area (Å²) >= 11 is 0. The molecule has 1 aromatic carbocycles. The van der Waals surface area contributed by atoms with Gasteiger partial charge in [0, 0.05) is 13.2 Å². The number of nitrogens with two attached hydrogens (primary N) is 1. The number of primary sulfonamides is 1. The van der Waals surface area contributed by atoms with E-state index >= 15 is 0 Å². The molecular weight excluding hydrogens is 308 g/mol. The lowest BCUT2D eigenvalue weighted by atomic mass is 10.3. The van der Waals surface area contributed by atoms with E-state index in [9.17, 15) is 13.2 Å². The van der Waals surface area contributed by atoms with E-state index in [2.05, 4.69) is 0 Å². The van der Waals surface area contributed by atoms with Gasteiger partial charge in [0.25, 0.3) is 0 Å². The van der Waals surface area contributed by atoms with Crippen LogP contribution in [0.1, 0.15) is 10.5 Å². The van der Waals surface area contributed by atoms with Gasteiger partial charge < -0.3 is 14.0 Å². The number of carbonyl (C=O) groups is 1. The second-order valence-corrected chi connectivity index (χ2v) is 6.07. The number of sulfonamides is 1. The predicted molar refractivity (Wildman–Crippen MR) is 79.0 cm³/mol. The third kappa shape index (κ3) is 4.09. The van der Waals surface area contributed by atoms with Crippen molar-refractivity contribution in [1.82, 2.24) is 4.57 Å². The second-order valence-electron chi connectivity index (χ2n) is 4.51. The van der Waals surface area contributed by atoms with Gasteiger partial charge in [0.15, 0.2) is 0 Å². The Morgan fingerprint density at radius 3 is 2.41 bits per heavy atom. The quantitative estimate of drug-likeness (QED) is 0.629. The average Bonchev–Trinajstić information content (AvgIpc) is 2.89. The first-order chi connectivity index (χ1) is 10.4. The van der Waals surface area contributed by atoms with Gasteiger partial charge in [-0.2, -0.15) is 0 Å². The van der Waals surface area contributed by atoms with Crippen molar-refractivity contribution in [3.63, 3.8) is 0 Å². The Bertz CT molecular complexity index is 750. The van der Waals surface area contributed by atoms with Gasteiger partial charge in [-0.05, 0) is 36.4 Å². The van der Waals surface area contributed by atoms with Crippen molar-refractivity contribution in [2.24, 2.45) is 12.2 Å². The van der Waals surface area contributed by atoms with E-state index in [-0.39, 0.29) is 18.1 Å². The maximum absolute atomic E-state index is 11.7. The molecule has 0 aliphatic heterocycles. The molecule has 0 fully saturated rings. The van der Waals surface area contributed by atoms with Gasteiger partial charge in [0.05, 0.1) is 4.90 Å². The number of esters is 1. The van der Waals surface area contributed by atoms with Crippen LogP contribution in [0.25, 0.3) is 0 Å². The number of ether oxygens (including phenoxy) is 2. The van der Waals surface area contributed by atoms with Crippen LogP contribution in [0.4, 0.5) is 0 Å². The Balaban J connectivity index is 1.80. The fraction of sp³-hybridized carbons (Fsp3) is 0.214. The van der Waals surface area contributed by atoms with Gasteiger partial charge in [0.1, 0.15) is 24.7 Å². The van der Waals surface area contributed by atoms with Crippen LogP contribution < -0.4 is 9.88 Å². The summed E-state index contributed by atoms with van der Waals surface area (Å²) in [4.78, 5) is 11.7. The van der Waals surface area contributed by atoms with E-state index in [1.807, 2.05) is 0 Å². The molecule has 0 spiro atoms. The minimum Gasteiger partial charge on any atom is -0.490 e. The molecule has 1 heterocycles. The Labute approximate surface area is 128 Å². The lowest BCUT2D eigenvalue weighted by molar-refractivity contribution is 0.0439. The standard InChI is InChI=1S/C14H16N2O5S/c1-16-8-2-3-13(16)14(17)21-10-9-20-11-4-6-12(7-5-11)22(15,18)19/h2-8H,9-10H2,1H3,(H2,15,18,19). The van der Waals surface area contributed by atoms with Crippen LogP contribution in [0.3, 0.4) is 0 Å². The van der Waals surface area contributed by atoms with E-state index in [0.29, 0.717) is 11.4 Å². The van der Waals surface area contributed by atoms with Crippen LogP contribution in [0.5, 0.6) is 5.75 Å². The van der Waals surface area contributed by atoms with Crippen LogP contribution in [-0.2, 0) is 21.8 Å². The molecule has 2 rings (SSSR count). The third-order valence-electron chi connectivity index (χ3n) is 2.89. The first-order valence-electron chi connectivity index (χ1n) is 6.42. The summed E-state index contributed by atoms with van der Waals surface area (Å²) in [5.74, 6) is 0.0305. The Morgan fingerprint density at radius 1 is 1.18 bits per heavy atom. The number of aromatic nitrogens is 1. The smallest absolute Gasteiger partial charge is 0.355 e. The number of carbonyl (C=O) groups excluding carboxylic acids is 1. The van der Waals surface area contributed by atoms with Crippen molar-refractivity contribution in [1.29, 1.82) is 0 Å². The molecule has 0 unspecified atom stereocenters. The summed E-state index contributed by atoms with van der Waals surface area (Å²) < 4.78 is 34.3. The molecule has 0 bridgehead atoms. The zero-order valence-corrected chi connectivity index (χ0v) is 12.7. The molecular formula is C14H16N2O5S. The molecule has 0 saturated heterocycles. The summed E-state index contributed by atoms with van der Waals surface area (Å²) in [6.07, 6.45) is 1.75. The zero-order chi connectivity index (χ0) is 16.2. The second kappa shape index (κ2) is 6.63. The molecule has 8 heteroatoms. The number of rotatable bonds is 6. The van der Waals surface area contributed by atoms with E-state index in [1.54, 1.807) is 29.9 Å². The molecule has 2 aromatic rings. The third-order valence-corrected chi connectivity index (χ3v) is 3.82. The van der Waals surface area contributed by atoms with Crippen LogP contribution in [0.2, 0.25) is 0 Å². The molecule has 7 nitrogen and oxygen atoms in total. The number of nitrogens with zero attached hydrogens (tertiary/aromatic N) is 1. The van der Waals surface area contributed by atoms with Crippen molar-refractivity contribution in [2.75, 3.05) is 13.2 Å². The van der Waals surface area contributed by atoms with Crippen LogP contribution in [-0.4, -0.2) is 32.2 Å². The largest absolute Gasteiger partial charge is 0.490 e. The molecule has 0 aliphatic rings. The van der Waals surface area contributed by atoms with Crippen molar-refractivity contribution in [3.8, 4) is 5.75 Å². The summed E-state index contributed by atoms with van der Waals surface area (Å²) in [6, 6.07) is 9.08. The van der Waals surface area contributed by atoms with Crippen molar-refractivity contribution in [2.45, 2.75) is 4.90 Å². The topological polar surface area (TPSA) is 101 Å². The Hall–Kier alpha value is -2.32. The van der Waals surface area contributed by atoms with Gasteiger partial charge in [-0.25, -0.2) is 18.4 Å². The lowest BCUT2D eigenvalue weighted by Gasteiger charge is -2.08. The highest BCUT2D eigenvalue weighted by atomic mass is 32.2. The van der Waals surface area contributed by atoms with Crippen molar-refractivity contribution < 1.29 is 22.7 Å². The average molecular weight is 324 g/mol. The molecule has 0 saturated carbocycles. The number of benzene rings is 1. The summed E-state index contributed by atoms with van der Waals surface area (Å²) in [5.41, 5.74) is 0.456. The predicted octanol–water partition coefficient (Wildman–Crippen LogP) is 0.908. The van der Waals surface area contributed by atoms with Gasteiger partial charge in [-0.1, -0.05) is 0 Å². The molecule has 0 amide bonds. The molecule has 0 radical (unpaired) electrons. The molecule has 0 aliphatic carbocycles. The van der Waals surface area contributed by atoms with Crippen LogP contribution in [0.15, 0.2) is 47.5 Å². The maximum atomic E-state index is 11.7. The van der Waals surface area contributed by atoms with E-state index in [0.717, 1.165) is 0 Å². The van der Waals surface area contributed by atoms with Gasteiger partial charge in [-0.3, -0.25) is 0 Å². The fourth-order valence-electron chi connectivity index (χ4n) is 1.77. The highest BCUT2D eigenvalue weighted by molar-refractivity contribution is 7.89. The molecule has 118 valence electrons. The monoisotopic (exact) mass is 324 g/mol. The number of hydrogen-bond donors (Lipinski definition) is 1. The first kappa shape index (κ1) is 16.1. The summed E-state index contributed by atoms with van der Waals surface area (Å²) in [6.45, 7) is 0.242. The minimum absolute atomic E-state index is 0.00925. The van der Waals surface area contributed by atoms with Crippen molar-refractivity contribution in [3.05, 3.63) is 48.3 Å². The van der Waals surface area contributed by atoms with Gasteiger partial charge in [0.2, 0.25) is 10.0 Å². The van der Waals surface area contributed by atoms with E-state index in [4.69, 9.17) is 14.6 Å². The number of aryl methyl sites for hydroxylation is 1. The number of hydrogen-bond acceptors (Lipinski definition) is 5. The van der Waals surface area contributed by atoms with E-state index < -0.39 is 16.0 Å². The van der Waals surface area contributed by atoms with Gasteiger partial charge in [-0.15, -0.1) is 0 Å². The minimum atomic E-state index is -3.71. The molecule has 2 N–H and O–H groups in total. The highest BCUT2D eigenvalue weighted by Crippen LogP contribution is 2.14. The molecule has 0 atom stereocenters. The Morgan fingerprint density at radius 2 is 1.86 bits per heavy atom. The van der Waals surface area contributed by atoms with Gasteiger partial charge >= 0.3 is 5.97 Å². The lowest BCUT2D eigenvalue weighted by Crippen LogP contribution is -2.15. The molecule has 22 heavy (non-hydrogen) atoms. The first-order valence-corrected chi connectivity index (χ1v) is 7.96. The molecule has 1 aromatic heterocycles. The fourth-order valence-corrected chi connectivity index (χ4v) is 2.28.